The van der Waals surface area contributed by atoms with Crippen LogP contribution in [0.2, 0.25) is 5.02 Å². The Balaban J connectivity index is 1.78. The lowest BCUT2D eigenvalue weighted by atomic mass is 10.0. The smallest absolute Gasteiger partial charge is 0.264 e. The summed E-state index contributed by atoms with van der Waals surface area (Å²) in [7, 11) is -4.17. The van der Waals surface area contributed by atoms with E-state index < -0.39 is 28.5 Å². The molecule has 1 atom stereocenters. The molecule has 0 fully saturated rings. The molecule has 0 bridgehead atoms. The van der Waals surface area contributed by atoms with Gasteiger partial charge in [-0.15, -0.1) is 0 Å². The Morgan fingerprint density at radius 1 is 0.837 bits per heavy atom. The third kappa shape index (κ3) is 8.46. The number of para-hydroxylation sites is 1. The van der Waals surface area contributed by atoms with Crippen LogP contribution in [0.1, 0.15) is 30.0 Å². The second-order valence-electron chi connectivity index (χ2n) is 10.3. The van der Waals surface area contributed by atoms with E-state index in [1.54, 1.807) is 30.3 Å². The van der Waals surface area contributed by atoms with Crippen molar-refractivity contribution in [3.63, 3.8) is 0 Å². The van der Waals surface area contributed by atoms with Gasteiger partial charge in [-0.25, -0.2) is 8.42 Å². The highest BCUT2D eigenvalue weighted by atomic mass is 35.5. The molecule has 0 saturated carbocycles. The molecule has 0 aliphatic carbocycles. The molecule has 4 rings (SSSR count). The first-order chi connectivity index (χ1) is 20.7. The van der Waals surface area contributed by atoms with Crippen LogP contribution in [0, 0.1) is 6.92 Å². The SMILES string of the molecule is CCCNC(=O)C(Cc1ccccc1)N(Cc1cccc(C)c1)C(=O)CN(c1ccccc1)S(=O)(=O)c1ccc(Cl)cc1. The van der Waals surface area contributed by atoms with Gasteiger partial charge >= 0.3 is 0 Å². The summed E-state index contributed by atoms with van der Waals surface area (Å²) in [5, 5.41) is 3.35. The van der Waals surface area contributed by atoms with Crippen LogP contribution in [0.15, 0.2) is 114 Å². The number of benzene rings is 4. The lowest BCUT2D eigenvalue weighted by Gasteiger charge is -2.34. The monoisotopic (exact) mass is 617 g/mol. The standard InChI is InChI=1S/C34H36ClN3O4S/c1-3-21-36-34(40)32(23-27-12-6-4-7-13-27)37(24-28-14-10-11-26(2)22-28)33(39)25-38(30-15-8-5-9-16-30)43(41,42)31-19-17-29(35)18-20-31/h4-20,22,32H,3,21,23-25H2,1-2H3,(H,36,40). The molecule has 1 N–H and O–H groups in total. The van der Waals surface area contributed by atoms with Crippen LogP contribution in [0.25, 0.3) is 0 Å². The number of rotatable bonds is 13. The molecule has 2 amide bonds. The van der Waals surface area contributed by atoms with Crippen molar-refractivity contribution >= 4 is 39.1 Å². The van der Waals surface area contributed by atoms with E-state index in [0.717, 1.165) is 27.4 Å². The Bertz CT molecular complexity index is 1610. The van der Waals surface area contributed by atoms with Gasteiger partial charge in [-0.05, 0) is 60.9 Å². The van der Waals surface area contributed by atoms with Gasteiger partial charge in [0.25, 0.3) is 10.0 Å². The number of carbonyl (C=O) groups excluding carboxylic acids is 2. The maximum atomic E-state index is 14.4. The summed E-state index contributed by atoms with van der Waals surface area (Å²) >= 11 is 6.03. The lowest BCUT2D eigenvalue weighted by molar-refractivity contribution is -0.140. The third-order valence-corrected chi connectivity index (χ3v) is 9.02. The summed E-state index contributed by atoms with van der Waals surface area (Å²) in [6, 6.07) is 30.6. The van der Waals surface area contributed by atoms with Crippen molar-refractivity contribution in [1.82, 2.24) is 10.2 Å². The fourth-order valence-corrected chi connectivity index (χ4v) is 6.32. The summed E-state index contributed by atoms with van der Waals surface area (Å²) in [4.78, 5) is 29.5. The van der Waals surface area contributed by atoms with Crippen LogP contribution in [-0.2, 0) is 32.6 Å². The van der Waals surface area contributed by atoms with Crippen molar-refractivity contribution in [2.45, 2.75) is 44.2 Å². The predicted octanol–water partition coefficient (Wildman–Crippen LogP) is 6.01. The average Bonchev–Trinajstić information content (AvgIpc) is 3.01. The van der Waals surface area contributed by atoms with Gasteiger partial charge in [-0.1, -0.05) is 96.9 Å². The van der Waals surface area contributed by atoms with Crippen LogP contribution in [-0.4, -0.2) is 44.3 Å². The highest BCUT2D eigenvalue weighted by molar-refractivity contribution is 7.92. The van der Waals surface area contributed by atoms with Crippen molar-refractivity contribution in [2.75, 3.05) is 17.4 Å². The molecule has 1 unspecified atom stereocenters. The minimum Gasteiger partial charge on any atom is -0.354 e. The van der Waals surface area contributed by atoms with Crippen molar-refractivity contribution in [2.24, 2.45) is 0 Å². The first-order valence-electron chi connectivity index (χ1n) is 14.2. The summed E-state index contributed by atoms with van der Waals surface area (Å²) in [5.41, 5.74) is 3.06. The lowest BCUT2D eigenvalue weighted by Crippen LogP contribution is -2.53. The molecular formula is C34H36ClN3O4S. The highest BCUT2D eigenvalue weighted by Gasteiger charge is 2.34. The number of sulfonamides is 1. The van der Waals surface area contributed by atoms with Gasteiger partial charge < -0.3 is 10.2 Å². The number of amides is 2. The molecule has 224 valence electrons. The van der Waals surface area contributed by atoms with Gasteiger partial charge in [0.2, 0.25) is 11.8 Å². The van der Waals surface area contributed by atoms with Crippen LogP contribution in [0.5, 0.6) is 0 Å². The van der Waals surface area contributed by atoms with E-state index in [0.29, 0.717) is 17.3 Å². The number of aryl methyl sites for hydroxylation is 1. The minimum absolute atomic E-state index is 0.000289. The Kier molecular flexibility index (Phi) is 11.0. The second kappa shape index (κ2) is 14.8. The zero-order chi connectivity index (χ0) is 30.8. The van der Waals surface area contributed by atoms with Gasteiger partial charge in [0, 0.05) is 24.5 Å². The van der Waals surface area contributed by atoms with Crippen molar-refractivity contribution in [3.05, 3.63) is 131 Å². The number of hydrogen-bond acceptors (Lipinski definition) is 4. The Morgan fingerprint density at radius 2 is 1.47 bits per heavy atom. The number of hydrogen-bond donors (Lipinski definition) is 1. The van der Waals surface area contributed by atoms with Crippen molar-refractivity contribution in [3.8, 4) is 0 Å². The number of nitrogens with one attached hydrogen (secondary N) is 1. The summed E-state index contributed by atoms with van der Waals surface area (Å²) in [5.74, 6) is -0.797. The van der Waals surface area contributed by atoms with Gasteiger partial charge in [-0.2, -0.15) is 0 Å². The van der Waals surface area contributed by atoms with Crippen LogP contribution in [0.3, 0.4) is 0 Å². The van der Waals surface area contributed by atoms with Gasteiger partial charge in [0.15, 0.2) is 0 Å². The van der Waals surface area contributed by atoms with Crippen molar-refractivity contribution in [1.29, 1.82) is 0 Å². The summed E-state index contributed by atoms with van der Waals surface area (Å²) in [6.45, 7) is 3.99. The predicted molar refractivity (Wildman–Crippen MR) is 171 cm³/mol. The maximum Gasteiger partial charge on any atom is 0.264 e. The molecule has 0 heterocycles. The van der Waals surface area contributed by atoms with Crippen molar-refractivity contribution < 1.29 is 18.0 Å². The van der Waals surface area contributed by atoms with Crippen LogP contribution < -0.4 is 9.62 Å². The van der Waals surface area contributed by atoms with E-state index >= 15 is 0 Å². The molecule has 43 heavy (non-hydrogen) atoms. The molecule has 0 aliphatic rings. The van der Waals surface area contributed by atoms with E-state index in [1.165, 1.54) is 29.2 Å². The van der Waals surface area contributed by atoms with E-state index in [4.69, 9.17) is 11.6 Å². The minimum atomic E-state index is -4.17. The number of nitrogens with zero attached hydrogens (tertiary/aromatic N) is 2. The normalized spacial score (nSPS) is 11.9. The van der Waals surface area contributed by atoms with Crippen LogP contribution >= 0.6 is 11.6 Å². The molecular weight excluding hydrogens is 582 g/mol. The van der Waals surface area contributed by atoms with E-state index in [2.05, 4.69) is 5.32 Å². The quantitative estimate of drug-likeness (QED) is 0.199. The second-order valence-corrected chi connectivity index (χ2v) is 12.6. The molecule has 4 aromatic rings. The topological polar surface area (TPSA) is 86.8 Å². The Morgan fingerprint density at radius 3 is 2.09 bits per heavy atom. The van der Waals surface area contributed by atoms with Crippen LogP contribution in [0.4, 0.5) is 5.69 Å². The number of carbonyl (C=O) groups is 2. The van der Waals surface area contributed by atoms with Gasteiger partial charge in [0.1, 0.15) is 12.6 Å². The zero-order valence-electron chi connectivity index (χ0n) is 24.3. The van der Waals surface area contributed by atoms with Gasteiger partial charge in [0.05, 0.1) is 10.6 Å². The molecule has 0 radical (unpaired) electrons. The molecule has 0 spiro atoms. The molecule has 0 saturated heterocycles. The molecule has 0 aliphatic heterocycles. The zero-order valence-corrected chi connectivity index (χ0v) is 25.9. The first-order valence-corrected chi connectivity index (χ1v) is 16.0. The highest BCUT2D eigenvalue weighted by Crippen LogP contribution is 2.26. The Hall–Kier alpha value is -4.14. The number of halogens is 1. The first kappa shape index (κ1) is 31.8. The molecule has 4 aromatic carbocycles. The largest absolute Gasteiger partial charge is 0.354 e. The average molecular weight is 618 g/mol. The van der Waals surface area contributed by atoms with E-state index in [1.807, 2.05) is 68.4 Å². The fraction of sp³-hybridized carbons (Fsp3) is 0.235. The number of anilines is 1. The summed E-state index contributed by atoms with van der Waals surface area (Å²) in [6.07, 6.45) is 1.000. The Labute approximate surface area is 259 Å². The van der Waals surface area contributed by atoms with Gasteiger partial charge in [-0.3, -0.25) is 13.9 Å². The maximum absolute atomic E-state index is 14.4. The van der Waals surface area contributed by atoms with E-state index in [-0.39, 0.29) is 23.8 Å². The molecule has 7 nitrogen and oxygen atoms in total. The summed E-state index contributed by atoms with van der Waals surface area (Å²) < 4.78 is 29.0. The molecule has 9 heteroatoms. The molecule has 0 aromatic heterocycles. The third-order valence-electron chi connectivity index (χ3n) is 6.98. The van der Waals surface area contributed by atoms with E-state index in [9.17, 15) is 18.0 Å². The fourth-order valence-electron chi connectivity index (χ4n) is 4.78.